The number of benzene rings is 4. The molecule has 1 saturated heterocycles. The van der Waals surface area contributed by atoms with E-state index in [0.29, 0.717) is 37.3 Å². The zero-order chi connectivity index (χ0) is 32.1. The third-order valence-electron chi connectivity index (χ3n) is 8.88. The maximum atomic E-state index is 13.7. The number of fused-ring (bicyclic) bond motifs is 3. The van der Waals surface area contributed by atoms with E-state index in [9.17, 15) is 22.8 Å². The smallest absolute Gasteiger partial charge is 0.405 e. The molecule has 1 aliphatic heterocycles. The molecule has 2 N–H and O–H groups in total. The van der Waals surface area contributed by atoms with Gasteiger partial charge in [-0.05, 0) is 71.3 Å². The summed E-state index contributed by atoms with van der Waals surface area (Å²) in [7, 11) is 0. The Bertz CT molecular complexity index is 1660. The number of hydrogen-bond acceptors (Lipinski definition) is 4. The number of alkyl halides is 3. The number of carbonyl (C=O) groups is 2. The maximum absolute atomic E-state index is 13.7. The highest BCUT2D eigenvalue weighted by molar-refractivity contribution is 6.08. The fourth-order valence-electron chi connectivity index (χ4n) is 6.70. The molecule has 46 heavy (non-hydrogen) atoms. The average Bonchev–Trinajstić information content (AvgIpc) is 3.37. The fraction of sp³-hybridized carbons (Fsp3) is 0.297. The SMILES string of the molecule is O=C(Nc1ccc(CCCCC2(C(=O)NCC(F)(F)F)c3ccccc3-c3ccccc32)cc1)c1ccccc1N1CCOCC1.[H-]. The number of rotatable bonds is 10. The van der Waals surface area contributed by atoms with Crippen molar-refractivity contribution in [1.29, 1.82) is 0 Å². The van der Waals surface area contributed by atoms with Crippen LogP contribution in [0.4, 0.5) is 24.5 Å². The van der Waals surface area contributed by atoms with Crippen molar-refractivity contribution in [2.75, 3.05) is 43.1 Å². The molecule has 0 unspecified atom stereocenters. The van der Waals surface area contributed by atoms with Gasteiger partial charge in [-0.3, -0.25) is 9.59 Å². The number of ether oxygens (including phenoxy) is 1. The number of aryl methyl sites for hydroxylation is 1. The van der Waals surface area contributed by atoms with E-state index in [1.165, 1.54) is 0 Å². The Morgan fingerprint density at radius 2 is 1.41 bits per heavy atom. The van der Waals surface area contributed by atoms with E-state index in [2.05, 4.69) is 15.5 Å². The van der Waals surface area contributed by atoms with Crippen LogP contribution in [0, 0.1) is 0 Å². The minimum atomic E-state index is -4.51. The van der Waals surface area contributed by atoms with Crippen molar-refractivity contribution in [3.8, 4) is 11.1 Å². The van der Waals surface area contributed by atoms with Crippen LogP contribution in [0.2, 0.25) is 0 Å². The third-order valence-corrected chi connectivity index (χ3v) is 8.88. The number of unbranched alkanes of at least 4 members (excludes halogenated alkanes) is 1. The average molecular weight is 629 g/mol. The molecular formula is C37H37F3N3O3-. The monoisotopic (exact) mass is 628 g/mol. The molecule has 4 aromatic carbocycles. The van der Waals surface area contributed by atoms with E-state index in [1.54, 1.807) is 0 Å². The molecule has 1 aliphatic carbocycles. The number of morpholine rings is 1. The number of hydrogen-bond donors (Lipinski definition) is 2. The molecule has 0 spiro atoms. The van der Waals surface area contributed by atoms with Gasteiger partial charge in [0.05, 0.1) is 18.8 Å². The molecule has 1 heterocycles. The van der Waals surface area contributed by atoms with Gasteiger partial charge in [0, 0.05) is 24.5 Å². The summed E-state index contributed by atoms with van der Waals surface area (Å²) in [4.78, 5) is 29.0. The summed E-state index contributed by atoms with van der Waals surface area (Å²) in [5, 5.41) is 5.20. The second-order valence-corrected chi connectivity index (χ2v) is 11.8. The third kappa shape index (κ3) is 6.51. The number of nitrogens with one attached hydrogen (secondary N) is 2. The summed E-state index contributed by atoms with van der Waals surface area (Å²) in [5.41, 5.74) is 5.28. The molecule has 1 fully saturated rings. The Morgan fingerprint density at radius 3 is 2.07 bits per heavy atom. The molecule has 0 aromatic heterocycles. The molecular weight excluding hydrogens is 591 g/mol. The Kier molecular flexibility index (Phi) is 9.12. The number of carbonyl (C=O) groups excluding carboxylic acids is 2. The molecule has 2 aliphatic rings. The second kappa shape index (κ2) is 13.4. The summed E-state index contributed by atoms with van der Waals surface area (Å²) in [6.45, 7) is 1.35. The highest BCUT2D eigenvalue weighted by Gasteiger charge is 2.49. The van der Waals surface area contributed by atoms with Crippen molar-refractivity contribution < 1.29 is 28.9 Å². The van der Waals surface area contributed by atoms with Crippen LogP contribution in [-0.4, -0.2) is 50.8 Å². The number of nitrogens with zero attached hydrogens (tertiary/aromatic N) is 1. The fourth-order valence-corrected chi connectivity index (χ4v) is 6.70. The van der Waals surface area contributed by atoms with Gasteiger partial charge in [-0.2, -0.15) is 13.2 Å². The second-order valence-electron chi connectivity index (χ2n) is 11.8. The molecule has 6 nitrogen and oxygen atoms in total. The molecule has 0 saturated carbocycles. The van der Waals surface area contributed by atoms with Crippen LogP contribution in [0.1, 0.15) is 47.7 Å². The summed E-state index contributed by atoms with van der Waals surface area (Å²) in [6.07, 6.45) is -2.05. The summed E-state index contributed by atoms with van der Waals surface area (Å²) < 4.78 is 44.9. The van der Waals surface area contributed by atoms with Gasteiger partial charge in [0.1, 0.15) is 12.0 Å². The topological polar surface area (TPSA) is 70.7 Å². The lowest BCUT2D eigenvalue weighted by molar-refractivity contribution is -0.141. The predicted octanol–water partition coefficient (Wildman–Crippen LogP) is 7.25. The highest BCUT2D eigenvalue weighted by atomic mass is 19.4. The molecule has 0 radical (unpaired) electrons. The molecule has 4 aromatic rings. The largest absolute Gasteiger partial charge is 1.00 e. The van der Waals surface area contributed by atoms with Crippen molar-refractivity contribution in [2.24, 2.45) is 0 Å². The first-order valence-corrected chi connectivity index (χ1v) is 15.6. The van der Waals surface area contributed by atoms with E-state index in [4.69, 9.17) is 4.74 Å². The highest BCUT2D eigenvalue weighted by Crippen LogP contribution is 2.51. The minimum absolute atomic E-state index is 0. The quantitative estimate of drug-likeness (QED) is 0.182. The van der Waals surface area contributed by atoms with Gasteiger partial charge in [-0.25, -0.2) is 0 Å². The van der Waals surface area contributed by atoms with Crippen LogP contribution in [0.3, 0.4) is 0 Å². The van der Waals surface area contributed by atoms with Crippen LogP contribution >= 0.6 is 0 Å². The Hall–Kier alpha value is -4.63. The van der Waals surface area contributed by atoms with Crippen LogP contribution in [0.5, 0.6) is 0 Å². The maximum Gasteiger partial charge on any atom is 0.405 e. The van der Waals surface area contributed by atoms with Gasteiger partial charge in [0.25, 0.3) is 5.91 Å². The van der Waals surface area contributed by atoms with E-state index < -0.39 is 24.0 Å². The first-order valence-electron chi connectivity index (χ1n) is 15.6. The standard InChI is InChI=1S/C37H36F3N3O3.H/c38-37(39,40)25-41-35(45)36(31-13-4-1-10-28(31)29-11-2-5-14-32(29)36)20-8-7-9-26-16-18-27(19-17-26)42-34(44)30-12-3-6-15-33(30)43-21-23-46-24-22-43;/h1-6,10-19H,7-9,20-25H2,(H,41,45)(H,42,44);/q;-1. The molecule has 9 heteroatoms. The molecule has 6 rings (SSSR count). The van der Waals surface area contributed by atoms with Gasteiger partial charge >= 0.3 is 6.18 Å². The van der Waals surface area contributed by atoms with Crippen molar-refractivity contribution in [3.05, 3.63) is 119 Å². The van der Waals surface area contributed by atoms with Gasteiger partial charge in [0.2, 0.25) is 5.91 Å². The van der Waals surface area contributed by atoms with Crippen molar-refractivity contribution >= 4 is 23.2 Å². The van der Waals surface area contributed by atoms with E-state index in [-0.39, 0.29) is 7.33 Å². The van der Waals surface area contributed by atoms with Gasteiger partial charge in [-0.15, -0.1) is 0 Å². The first-order chi connectivity index (χ1) is 22.3. The lowest BCUT2D eigenvalue weighted by atomic mass is 9.73. The van der Waals surface area contributed by atoms with E-state index in [1.807, 2.05) is 97.1 Å². The molecule has 0 bridgehead atoms. The molecule has 240 valence electrons. The summed E-state index contributed by atoms with van der Waals surface area (Å²) in [5.74, 6) is -0.807. The number of amides is 2. The normalized spacial score (nSPS) is 15.2. The van der Waals surface area contributed by atoms with Crippen LogP contribution in [0.15, 0.2) is 97.1 Å². The molecule has 2 amide bonds. The Morgan fingerprint density at radius 1 is 0.804 bits per heavy atom. The van der Waals surface area contributed by atoms with Gasteiger partial charge in [0.15, 0.2) is 0 Å². The van der Waals surface area contributed by atoms with Crippen LogP contribution in [-0.2, 0) is 21.4 Å². The lowest BCUT2D eigenvalue weighted by Crippen LogP contribution is -2.47. The number of halogens is 3. The summed E-state index contributed by atoms with van der Waals surface area (Å²) >= 11 is 0. The molecule has 0 atom stereocenters. The minimum Gasteiger partial charge on any atom is -1.00 e. The van der Waals surface area contributed by atoms with Gasteiger partial charge in [-0.1, -0.05) is 79.2 Å². The Labute approximate surface area is 268 Å². The Balaban J connectivity index is 0.00000433. The first kappa shape index (κ1) is 31.4. The number of anilines is 2. The van der Waals surface area contributed by atoms with Crippen LogP contribution < -0.4 is 15.5 Å². The van der Waals surface area contributed by atoms with E-state index in [0.717, 1.165) is 59.4 Å². The number of para-hydroxylation sites is 1. The lowest BCUT2D eigenvalue weighted by Gasteiger charge is -2.31. The van der Waals surface area contributed by atoms with Crippen molar-refractivity contribution in [1.82, 2.24) is 5.32 Å². The van der Waals surface area contributed by atoms with E-state index >= 15 is 0 Å². The zero-order valence-electron chi connectivity index (χ0n) is 26.4. The van der Waals surface area contributed by atoms with Crippen molar-refractivity contribution in [3.63, 3.8) is 0 Å². The zero-order valence-corrected chi connectivity index (χ0v) is 25.4. The predicted molar refractivity (Wildman–Crippen MR) is 174 cm³/mol. The van der Waals surface area contributed by atoms with Crippen LogP contribution in [0.25, 0.3) is 11.1 Å². The van der Waals surface area contributed by atoms with Crippen molar-refractivity contribution in [2.45, 2.75) is 37.3 Å². The summed E-state index contributed by atoms with van der Waals surface area (Å²) in [6, 6.07) is 30.2. The van der Waals surface area contributed by atoms with Gasteiger partial charge < -0.3 is 21.7 Å².